The lowest BCUT2D eigenvalue weighted by molar-refractivity contribution is 0.436. The van der Waals surface area contributed by atoms with E-state index < -0.39 is 5.41 Å². The van der Waals surface area contributed by atoms with Gasteiger partial charge in [-0.3, -0.25) is 0 Å². The standard InChI is InChI=1S/C53H35NO/c1-3-16-36(17-4-1)39-30-33-47-52(34-39)55-51-29-14-12-26-46(51)53(47)45-25-11-9-24-43(45)44-32-31-40(35-48(44)53)54(50-28-15-21-38-20-7-8-22-42(38)50)49-27-13-10-23-41(49)37-18-5-2-6-19-37/h1-35H. The monoisotopic (exact) mass is 701 g/mol. The summed E-state index contributed by atoms with van der Waals surface area (Å²) in [6, 6.07) is 76.9. The van der Waals surface area contributed by atoms with Gasteiger partial charge in [-0.15, -0.1) is 0 Å². The lowest BCUT2D eigenvalue weighted by atomic mass is 9.66. The largest absolute Gasteiger partial charge is 0.457 e. The molecule has 1 atom stereocenters. The summed E-state index contributed by atoms with van der Waals surface area (Å²) in [5, 5.41) is 2.40. The number of benzene rings is 9. The average molecular weight is 702 g/mol. The quantitative estimate of drug-likeness (QED) is 0.177. The predicted octanol–water partition coefficient (Wildman–Crippen LogP) is 14.1. The molecule has 2 aliphatic rings. The zero-order valence-corrected chi connectivity index (χ0v) is 30.1. The molecule has 1 spiro atoms. The molecule has 55 heavy (non-hydrogen) atoms. The first kappa shape index (κ1) is 31.4. The summed E-state index contributed by atoms with van der Waals surface area (Å²) in [5.74, 6) is 1.77. The van der Waals surface area contributed by atoms with Gasteiger partial charge in [0.25, 0.3) is 0 Å². The van der Waals surface area contributed by atoms with Crippen LogP contribution < -0.4 is 9.64 Å². The minimum atomic E-state index is -0.606. The molecule has 0 amide bonds. The molecule has 9 aromatic rings. The van der Waals surface area contributed by atoms with Crippen molar-refractivity contribution in [2.45, 2.75) is 5.41 Å². The Kier molecular flexibility index (Phi) is 7.11. The molecule has 258 valence electrons. The van der Waals surface area contributed by atoms with Gasteiger partial charge in [-0.25, -0.2) is 0 Å². The average Bonchev–Trinajstić information content (AvgIpc) is 3.54. The Morgan fingerprint density at radius 2 is 0.964 bits per heavy atom. The van der Waals surface area contributed by atoms with Gasteiger partial charge in [-0.2, -0.15) is 0 Å². The molecule has 0 N–H and O–H groups in total. The lowest BCUT2D eigenvalue weighted by Crippen LogP contribution is -2.32. The number of hydrogen-bond donors (Lipinski definition) is 0. The van der Waals surface area contributed by atoms with E-state index in [1.54, 1.807) is 0 Å². The second-order valence-electron chi connectivity index (χ2n) is 14.4. The van der Waals surface area contributed by atoms with E-state index in [0.717, 1.165) is 45.3 Å². The highest BCUT2D eigenvalue weighted by Crippen LogP contribution is 2.63. The topological polar surface area (TPSA) is 12.5 Å². The normalized spacial score (nSPS) is 14.8. The van der Waals surface area contributed by atoms with E-state index in [9.17, 15) is 0 Å². The highest BCUT2D eigenvalue weighted by molar-refractivity contribution is 6.02. The van der Waals surface area contributed by atoms with Crippen molar-refractivity contribution in [3.63, 3.8) is 0 Å². The third kappa shape index (κ3) is 4.75. The maximum Gasteiger partial charge on any atom is 0.132 e. The van der Waals surface area contributed by atoms with E-state index in [-0.39, 0.29) is 0 Å². The van der Waals surface area contributed by atoms with E-state index >= 15 is 0 Å². The second kappa shape index (κ2) is 12.5. The summed E-state index contributed by atoms with van der Waals surface area (Å²) in [5.41, 5.74) is 14.7. The maximum atomic E-state index is 6.88. The van der Waals surface area contributed by atoms with Crippen molar-refractivity contribution in [3.05, 3.63) is 235 Å². The van der Waals surface area contributed by atoms with Crippen molar-refractivity contribution in [2.24, 2.45) is 0 Å². The van der Waals surface area contributed by atoms with Crippen LogP contribution in [0.2, 0.25) is 0 Å². The van der Waals surface area contributed by atoms with Crippen LogP contribution in [0.1, 0.15) is 22.3 Å². The molecule has 0 bridgehead atoms. The van der Waals surface area contributed by atoms with Crippen LogP contribution in [-0.2, 0) is 5.41 Å². The van der Waals surface area contributed by atoms with Crippen LogP contribution in [0.4, 0.5) is 17.1 Å². The molecule has 9 aromatic carbocycles. The fourth-order valence-corrected chi connectivity index (χ4v) is 9.18. The van der Waals surface area contributed by atoms with Crippen LogP contribution in [0.25, 0.3) is 44.2 Å². The highest BCUT2D eigenvalue weighted by atomic mass is 16.5. The zero-order chi connectivity index (χ0) is 36.3. The summed E-state index contributed by atoms with van der Waals surface area (Å²) in [6.07, 6.45) is 0. The molecular weight excluding hydrogens is 667 g/mol. The SMILES string of the molecule is c1ccc(-c2ccc3c(c2)Oc2ccccc2C32c3ccccc3-c3ccc(N(c4ccccc4-c4ccccc4)c4cccc5ccccc45)cc32)cc1. The molecule has 1 aliphatic carbocycles. The van der Waals surface area contributed by atoms with Gasteiger partial charge in [0.2, 0.25) is 0 Å². The molecular formula is C53H35NO. The molecule has 1 aliphatic heterocycles. The second-order valence-corrected chi connectivity index (χ2v) is 14.4. The molecule has 2 heteroatoms. The Balaban J connectivity index is 1.21. The molecule has 1 unspecified atom stereocenters. The van der Waals surface area contributed by atoms with Crippen LogP contribution in [-0.4, -0.2) is 0 Å². The Morgan fingerprint density at radius 1 is 0.345 bits per heavy atom. The highest BCUT2D eigenvalue weighted by Gasteiger charge is 2.51. The van der Waals surface area contributed by atoms with Gasteiger partial charge in [0.15, 0.2) is 0 Å². The predicted molar refractivity (Wildman–Crippen MR) is 227 cm³/mol. The third-order valence-corrected chi connectivity index (χ3v) is 11.5. The van der Waals surface area contributed by atoms with Crippen molar-refractivity contribution < 1.29 is 4.74 Å². The van der Waals surface area contributed by atoms with E-state index in [4.69, 9.17) is 4.74 Å². The van der Waals surface area contributed by atoms with Crippen molar-refractivity contribution in [1.29, 1.82) is 0 Å². The van der Waals surface area contributed by atoms with Gasteiger partial charge in [0.1, 0.15) is 11.5 Å². The van der Waals surface area contributed by atoms with Crippen molar-refractivity contribution >= 4 is 27.8 Å². The minimum Gasteiger partial charge on any atom is -0.457 e. The fraction of sp³-hybridized carbons (Fsp3) is 0.0189. The van der Waals surface area contributed by atoms with Gasteiger partial charge in [-0.05, 0) is 80.7 Å². The molecule has 0 radical (unpaired) electrons. The summed E-state index contributed by atoms with van der Waals surface area (Å²) in [7, 11) is 0. The summed E-state index contributed by atoms with van der Waals surface area (Å²) in [6.45, 7) is 0. The first-order chi connectivity index (χ1) is 27.3. The fourth-order valence-electron chi connectivity index (χ4n) is 9.18. The molecule has 2 nitrogen and oxygen atoms in total. The molecule has 1 heterocycles. The van der Waals surface area contributed by atoms with Crippen LogP contribution >= 0.6 is 0 Å². The first-order valence-corrected chi connectivity index (χ1v) is 18.9. The van der Waals surface area contributed by atoms with E-state index in [1.165, 1.54) is 49.7 Å². The Hall–Kier alpha value is -7.16. The smallest absolute Gasteiger partial charge is 0.132 e. The van der Waals surface area contributed by atoms with E-state index in [1.807, 2.05) is 0 Å². The number of fused-ring (bicyclic) bond motifs is 10. The van der Waals surface area contributed by atoms with Crippen LogP contribution in [0.5, 0.6) is 11.5 Å². The van der Waals surface area contributed by atoms with Crippen molar-refractivity contribution in [2.75, 3.05) is 4.90 Å². The lowest BCUT2D eigenvalue weighted by Gasteiger charge is -2.40. The summed E-state index contributed by atoms with van der Waals surface area (Å²) in [4.78, 5) is 2.46. The first-order valence-electron chi connectivity index (χ1n) is 18.9. The Labute approximate surface area is 321 Å². The molecule has 0 saturated heterocycles. The minimum absolute atomic E-state index is 0.606. The molecule has 0 saturated carbocycles. The zero-order valence-electron chi connectivity index (χ0n) is 30.1. The molecule has 0 aromatic heterocycles. The summed E-state index contributed by atoms with van der Waals surface area (Å²) >= 11 is 0. The number of anilines is 3. The van der Waals surface area contributed by atoms with Gasteiger partial charge < -0.3 is 9.64 Å². The van der Waals surface area contributed by atoms with Gasteiger partial charge in [0, 0.05) is 27.8 Å². The number of ether oxygens (including phenoxy) is 1. The van der Waals surface area contributed by atoms with Crippen molar-refractivity contribution in [3.8, 4) is 44.9 Å². The van der Waals surface area contributed by atoms with Crippen LogP contribution in [0, 0.1) is 0 Å². The Morgan fingerprint density at radius 3 is 1.82 bits per heavy atom. The number of nitrogens with zero attached hydrogens (tertiary/aromatic N) is 1. The maximum absolute atomic E-state index is 6.88. The third-order valence-electron chi connectivity index (χ3n) is 11.5. The summed E-state index contributed by atoms with van der Waals surface area (Å²) < 4.78 is 6.88. The molecule has 0 fully saturated rings. The number of para-hydroxylation sites is 2. The molecule has 11 rings (SSSR count). The van der Waals surface area contributed by atoms with Crippen LogP contribution in [0.15, 0.2) is 212 Å². The Bertz CT molecular complexity index is 2910. The van der Waals surface area contributed by atoms with Crippen LogP contribution in [0.3, 0.4) is 0 Å². The van der Waals surface area contributed by atoms with Gasteiger partial charge >= 0.3 is 0 Å². The van der Waals surface area contributed by atoms with Gasteiger partial charge in [-0.1, -0.05) is 176 Å². The van der Waals surface area contributed by atoms with E-state index in [0.29, 0.717) is 0 Å². The van der Waals surface area contributed by atoms with E-state index in [2.05, 4.69) is 217 Å². The van der Waals surface area contributed by atoms with Gasteiger partial charge in [0.05, 0.1) is 16.8 Å². The van der Waals surface area contributed by atoms with Crippen molar-refractivity contribution in [1.82, 2.24) is 0 Å². The number of hydrogen-bond acceptors (Lipinski definition) is 2. The number of rotatable bonds is 5.